The molecule has 0 saturated carbocycles. The van der Waals surface area contributed by atoms with Crippen LogP contribution in [0.4, 0.5) is 10.5 Å². The van der Waals surface area contributed by atoms with Crippen molar-refractivity contribution in [1.82, 2.24) is 4.90 Å². The normalized spacial score (nSPS) is 15.2. The highest BCUT2D eigenvalue weighted by Crippen LogP contribution is 2.12. The number of nitrogens with zero attached hydrogens (tertiary/aromatic N) is 1. The zero-order valence-corrected chi connectivity index (χ0v) is 9.89. The number of morpholine rings is 1. The van der Waals surface area contributed by atoms with Crippen LogP contribution in [0.25, 0.3) is 0 Å². The van der Waals surface area contributed by atoms with Gasteiger partial charge in [0.2, 0.25) is 0 Å². The first-order chi connectivity index (χ1) is 8.66. The fourth-order valence-corrected chi connectivity index (χ4v) is 1.79. The van der Waals surface area contributed by atoms with E-state index in [1.807, 2.05) is 0 Å². The molecule has 0 radical (unpaired) electrons. The molecule has 0 unspecified atom stereocenters. The quantitative estimate of drug-likeness (QED) is 0.807. The van der Waals surface area contributed by atoms with Gasteiger partial charge in [-0.1, -0.05) is 0 Å². The van der Waals surface area contributed by atoms with Crippen LogP contribution in [0.15, 0.2) is 24.3 Å². The van der Waals surface area contributed by atoms with Gasteiger partial charge in [-0.05, 0) is 24.3 Å². The van der Waals surface area contributed by atoms with E-state index in [9.17, 15) is 9.59 Å². The fraction of sp³-hybridized carbons (Fsp3) is 0.333. The van der Waals surface area contributed by atoms with Crippen LogP contribution in [0.5, 0.6) is 0 Å². The van der Waals surface area contributed by atoms with Crippen molar-refractivity contribution in [3.05, 3.63) is 29.8 Å². The van der Waals surface area contributed by atoms with Gasteiger partial charge in [0.15, 0.2) is 0 Å². The summed E-state index contributed by atoms with van der Waals surface area (Å²) in [6.07, 6.45) is 0. The summed E-state index contributed by atoms with van der Waals surface area (Å²) in [5, 5.41) is 2.44. The number of carbonyl (C=O) groups is 2. The number of carbonyl (C=O) groups excluding carboxylic acids is 2. The molecule has 96 valence electrons. The van der Waals surface area contributed by atoms with Crippen molar-refractivity contribution in [2.24, 2.45) is 5.73 Å². The molecule has 1 aliphatic heterocycles. The molecule has 1 fully saturated rings. The minimum atomic E-state index is -0.623. The maximum Gasteiger partial charge on any atom is 0.316 e. The maximum atomic E-state index is 12.1. The Morgan fingerprint density at radius 1 is 1.17 bits per heavy atom. The van der Waals surface area contributed by atoms with Gasteiger partial charge in [-0.15, -0.1) is 0 Å². The van der Waals surface area contributed by atoms with Crippen molar-refractivity contribution < 1.29 is 14.3 Å². The molecule has 2 rings (SSSR count). The summed E-state index contributed by atoms with van der Waals surface area (Å²) in [7, 11) is 0. The molecule has 0 aromatic heterocycles. The van der Waals surface area contributed by atoms with Crippen LogP contribution in [0.2, 0.25) is 0 Å². The molecule has 1 aliphatic rings. The average molecular weight is 249 g/mol. The number of ether oxygens (including phenoxy) is 1. The third kappa shape index (κ3) is 2.98. The lowest BCUT2D eigenvalue weighted by molar-refractivity contribution is 0.0303. The van der Waals surface area contributed by atoms with E-state index < -0.39 is 6.03 Å². The molecule has 1 heterocycles. The zero-order valence-electron chi connectivity index (χ0n) is 9.89. The third-order valence-electron chi connectivity index (χ3n) is 2.70. The Bertz CT molecular complexity index is 438. The highest BCUT2D eigenvalue weighted by atomic mass is 16.5. The number of hydrogen-bond donors (Lipinski definition) is 2. The van der Waals surface area contributed by atoms with E-state index in [2.05, 4.69) is 5.32 Å². The van der Waals surface area contributed by atoms with E-state index in [0.29, 0.717) is 37.6 Å². The zero-order chi connectivity index (χ0) is 13.0. The molecular weight excluding hydrogens is 234 g/mol. The summed E-state index contributed by atoms with van der Waals surface area (Å²) in [5.74, 6) is -0.0241. The largest absolute Gasteiger partial charge is 0.378 e. The molecule has 1 saturated heterocycles. The summed E-state index contributed by atoms with van der Waals surface area (Å²) < 4.78 is 5.19. The second-order valence-electron chi connectivity index (χ2n) is 3.97. The van der Waals surface area contributed by atoms with Gasteiger partial charge in [0, 0.05) is 24.3 Å². The van der Waals surface area contributed by atoms with Crippen molar-refractivity contribution in [2.45, 2.75) is 0 Å². The molecule has 1 aromatic carbocycles. The van der Waals surface area contributed by atoms with Crippen LogP contribution in [-0.4, -0.2) is 43.1 Å². The summed E-state index contributed by atoms with van der Waals surface area (Å²) in [4.78, 5) is 24.5. The number of primary amides is 1. The second kappa shape index (κ2) is 5.50. The predicted molar refractivity (Wildman–Crippen MR) is 66.4 cm³/mol. The monoisotopic (exact) mass is 249 g/mol. The van der Waals surface area contributed by atoms with E-state index in [0.717, 1.165) is 0 Å². The second-order valence-corrected chi connectivity index (χ2v) is 3.97. The third-order valence-corrected chi connectivity index (χ3v) is 2.70. The molecule has 0 atom stereocenters. The van der Waals surface area contributed by atoms with Crippen LogP contribution in [0, 0.1) is 0 Å². The van der Waals surface area contributed by atoms with Crippen LogP contribution >= 0.6 is 0 Å². The molecule has 0 aliphatic carbocycles. The lowest BCUT2D eigenvalue weighted by Gasteiger charge is -2.26. The Balaban J connectivity index is 2.04. The SMILES string of the molecule is NC(=O)Nc1ccc(C(=O)N2CCOCC2)cc1. The van der Waals surface area contributed by atoms with Gasteiger partial charge in [-0.2, -0.15) is 0 Å². The van der Waals surface area contributed by atoms with E-state index in [1.165, 1.54) is 0 Å². The van der Waals surface area contributed by atoms with E-state index in [-0.39, 0.29) is 5.91 Å². The minimum absolute atomic E-state index is 0.0241. The Labute approximate surface area is 105 Å². The van der Waals surface area contributed by atoms with Crippen molar-refractivity contribution in [3.8, 4) is 0 Å². The molecule has 1 aromatic rings. The van der Waals surface area contributed by atoms with Crippen LogP contribution < -0.4 is 11.1 Å². The average Bonchev–Trinajstić information content (AvgIpc) is 2.39. The topological polar surface area (TPSA) is 84.7 Å². The van der Waals surface area contributed by atoms with E-state index in [1.54, 1.807) is 29.2 Å². The molecular formula is C12H15N3O3. The number of urea groups is 1. The Morgan fingerprint density at radius 2 is 1.78 bits per heavy atom. The minimum Gasteiger partial charge on any atom is -0.378 e. The van der Waals surface area contributed by atoms with E-state index in [4.69, 9.17) is 10.5 Å². The molecule has 3 amide bonds. The van der Waals surface area contributed by atoms with Crippen molar-refractivity contribution in [1.29, 1.82) is 0 Å². The first-order valence-corrected chi connectivity index (χ1v) is 5.70. The molecule has 0 spiro atoms. The number of benzene rings is 1. The van der Waals surface area contributed by atoms with Gasteiger partial charge >= 0.3 is 6.03 Å². The number of amides is 3. The van der Waals surface area contributed by atoms with E-state index >= 15 is 0 Å². The van der Waals surface area contributed by atoms with Gasteiger partial charge in [0.1, 0.15) is 0 Å². The number of nitrogens with one attached hydrogen (secondary N) is 1. The molecule has 6 nitrogen and oxygen atoms in total. The predicted octanol–water partition coefficient (Wildman–Crippen LogP) is 0.650. The van der Waals surface area contributed by atoms with Gasteiger partial charge in [-0.3, -0.25) is 4.79 Å². The summed E-state index contributed by atoms with van der Waals surface area (Å²) in [6, 6.07) is 6.02. The maximum absolute atomic E-state index is 12.1. The Hall–Kier alpha value is -2.08. The number of rotatable bonds is 2. The van der Waals surface area contributed by atoms with Crippen LogP contribution in [0.3, 0.4) is 0 Å². The number of nitrogens with two attached hydrogens (primary N) is 1. The van der Waals surface area contributed by atoms with Gasteiger partial charge in [-0.25, -0.2) is 4.79 Å². The standard InChI is InChI=1S/C12H15N3O3/c13-12(17)14-10-3-1-9(2-4-10)11(16)15-5-7-18-8-6-15/h1-4H,5-8H2,(H3,13,14,17). The lowest BCUT2D eigenvalue weighted by Crippen LogP contribution is -2.40. The molecule has 0 bridgehead atoms. The number of anilines is 1. The Morgan fingerprint density at radius 3 is 2.33 bits per heavy atom. The first kappa shape index (κ1) is 12.4. The summed E-state index contributed by atoms with van der Waals surface area (Å²) >= 11 is 0. The number of hydrogen-bond acceptors (Lipinski definition) is 3. The fourth-order valence-electron chi connectivity index (χ4n) is 1.79. The molecule has 6 heteroatoms. The van der Waals surface area contributed by atoms with Gasteiger partial charge in [0.25, 0.3) is 5.91 Å². The summed E-state index contributed by atoms with van der Waals surface area (Å²) in [5.41, 5.74) is 6.16. The van der Waals surface area contributed by atoms with Crippen molar-refractivity contribution in [3.63, 3.8) is 0 Å². The molecule has 18 heavy (non-hydrogen) atoms. The smallest absolute Gasteiger partial charge is 0.316 e. The highest BCUT2D eigenvalue weighted by molar-refractivity contribution is 5.95. The summed E-state index contributed by atoms with van der Waals surface area (Å²) in [6.45, 7) is 2.38. The Kier molecular flexibility index (Phi) is 3.78. The van der Waals surface area contributed by atoms with Crippen LogP contribution in [-0.2, 0) is 4.74 Å². The first-order valence-electron chi connectivity index (χ1n) is 5.70. The van der Waals surface area contributed by atoms with Crippen molar-refractivity contribution in [2.75, 3.05) is 31.6 Å². The van der Waals surface area contributed by atoms with Crippen molar-refractivity contribution >= 4 is 17.6 Å². The van der Waals surface area contributed by atoms with Crippen LogP contribution in [0.1, 0.15) is 10.4 Å². The van der Waals surface area contributed by atoms with Gasteiger partial charge < -0.3 is 20.7 Å². The lowest BCUT2D eigenvalue weighted by atomic mass is 10.1. The van der Waals surface area contributed by atoms with Gasteiger partial charge in [0.05, 0.1) is 13.2 Å². The molecule has 3 N–H and O–H groups in total. The highest BCUT2D eigenvalue weighted by Gasteiger charge is 2.18.